The minimum absolute atomic E-state index is 0.0158. The fourth-order valence-corrected chi connectivity index (χ4v) is 20.9. The van der Waals surface area contributed by atoms with E-state index in [1.165, 1.54) is 72.8 Å². The SMILES string of the molecule is COc1ccc2c3c([nH]c2c1)C(CC(CC1=NCCc2c1[nH]c1cc(OC)ccc21)c1cc(Br)c(O)c(OC)c1)=NCC3.COc1ccc2c3c([nH]c2c1)C(CC(CC1=NCCc2c1[nH]c1cc(OC)ccc21)c1cc(O)c(O)c(OC)c1)=NCC3.COc1ccc2c3c([nH]c2c1)C(CC(CC1=NCCc2c1[nH]c1cc(OC)ccc21)c1ccc(OC)c(O)c1Br)=NCC3. The summed E-state index contributed by atoms with van der Waals surface area (Å²) in [5, 5.41) is 49.8. The summed E-state index contributed by atoms with van der Waals surface area (Å²) in [6.45, 7) is 4.35. The first kappa shape index (κ1) is 85.1. The number of nitrogens with one attached hydrogen (secondary N) is 6. The van der Waals surface area contributed by atoms with Crippen LogP contribution in [0.3, 0.4) is 0 Å². The van der Waals surface area contributed by atoms with Gasteiger partial charge in [-0.05, 0) is 280 Å². The van der Waals surface area contributed by atoms with Crippen molar-refractivity contribution in [3.8, 4) is 74.7 Å². The molecule has 0 atom stereocenters. The lowest BCUT2D eigenvalue weighted by Gasteiger charge is -2.24. The number of aromatic amines is 6. The molecule has 0 saturated heterocycles. The second kappa shape index (κ2) is 36.0. The summed E-state index contributed by atoms with van der Waals surface area (Å²) < 4.78 is 50.5. The maximum Gasteiger partial charge on any atom is 0.200 e. The summed E-state index contributed by atoms with van der Waals surface area (Å²) in [6.07, 6.45) is 9.21. The van der Waals surface area contributed by atoms with Gasteiger partial charge in [0.1, 0.15) is 34.5 Å². The second-order valence-electron chi connectivity index (χ2n) is 33.3. The van der Waals surface area contributed by atoms with Gasteiger partial charge in [-0.15, -0.1) is 0 Å². The number of ether oxygens (including phenoxy) is 9. The number of aromatic nitrogens is 6. The number of phenolic OH excluding ortho intramolecular Hbond substituents is 4. The van der Waals surface area contributed by atoms with Gasteiger partial charge in [-0.3, -0.25) is 30.0 Å². The average molecular weight is 1860 g/mol. The van der Waals surface area contributed by atoms with Crippen LogP contribution in [0.15, 0.2) is 184 Å². The molecule has 10 N–H and O–H groups in total. The third kappa shape index (κ3) is 16.2. The minimum Gasteiger partial charge on any atom is -0.504 e. The molecule has 12 heterocycles. The lowest BCUT2D eigenvalue weighted by molar-refractivity contribution is 0.350. The van der Waals surface area contributed by atoms with Crippen molar-refractivity contribution in [2.75, 3.05) is 103 Å². The van der Waals surface area contributed by atoms with Gasteiger partial charge in [0.2, 0.25) is 5.75 Å². The van der Waals surface area contributed by atoms with Gasteiger partial charge >= 0.3 is 0 Å². The number of benzene rings is 9. The molecular weight excluding hydrogens is 1760 g/mol. The van der Waals surface area contributed by atoms with E-state index in [1.54, 1.807) is 69.0 Å². The molecule has 6 aliphatic rings. The monoisotopic (exact) mass is 1860 g/mol. The number of nitrogens with zero attached hydrogens (tertiary/aromatic N) is 6. The first-order valence-corrected chi connectivity index (χ1v) is 45.1. The lowest BCUT2D eigenvalue weighted by atomic mass is 9.84. The molecule has 660 valence electrons. The number of aliphatic imine (C=N–C) groups is 6. The quantitative estimate of drug-likeness (QED) is 0.0252. The van der Waals surface area contributed by atoms with Crippen LogP contribution in [0.4, 0.5) is 0 Å². The van der Waals surface area contributed by atoms with Crippen LogP contribution < -0.4 is 42.6 Å². The number of H-pyrrole nitrogens is 6. The van der Waals surface area contributed by atoms with Gasteiger partial charge in [-0.2, -0.15) is 0 Å². The fraction of sp³-hybridized carbons (Fsp3) is 0.294. The molecule has 6 aliphatic heterocycles. The predicted molar refractivity (Wildman–Crippen MR) is 517 cm³/mol. The van der Waals surface area contributed by atoms with Gasteiger partial charge in [0.25, 0.3) is 0 Å². The van der Waals surface area contributed by atoms with E-state index in [9.17, 15) is 20.4 Å². The van der Waals surface area contributed by atoms with Gasteiger partial charge in [-0.1, -0.05) is 6.07 Å². The van der Waals surface area contributed by atoms with Crippen molar-refractivity contribution in [3.63, 3.8) is 0 Å². The van der Waals surface area contributed by atoms with Crippen LogP contribution in [0.1, 0.15) is 141 Å². The van der Waals surface area contributed by atoms with Gasteiger partial charge in [0, 0.05) is 141 Å². The summed E-state index contributed by atoms with van der Waals surface area (Å²) >= 11 is 7.26. The van der Waals surface area contributed by atoms with Gasteiger partial charge in [-0.25, -0.2) is 0 Å². The Labute approximate surface area is 761 Å². The Morgan fingerprint density at radius 1 is 0.279 bits per heavy atom. The number of aromatic hydroxyl groups is 4. The van der Waals surface area contributed by atoms with Gasteiger partial charge < -0.3 is 93.0 Å². The van der Waals surface area contributed by atoms with Crippen LogP contribution in [0, 0.1) is 0 Å². The molecule has 0 radical (unpaired) electrons. The Bertz CT molecular complexity index is 6530. The third-order valence-corrected chi connectivity index (χ3v) is 27.8. The van der Waals surface area contributed by atoms with E-state index in [-0.39, 0.29) is 46.5 Å². The number of rotatable bonds is 24. The van der Waals surface area contributed by atoms with E-state index >= 15 is 0 Å². The minimum atomic E-state index is -0.270. The van der Waals surface area contributed by atoms with Gasteiger partial charge in [0.15, 0.2) is 34.5 Å². The number of methoxy groups -OCH3 is 9. The average Bonchev–Trinajstić information content (AvgIpc) is 1.64. The van der Waals surface area contributed by atoms with Crippen LogP contribution in [-0.2, 0) is 38.5 Å². The number of phenols is 4. The first-order valence-electron chi connectivity index (χ1n) is 43.5. The zero-order valence-corrected chi connectivity index (χ0v) is 76.4. The molecule has 0 unspecified atom stereocenters. The molecule has 0 amide bonds. The van der Waals surface area contributed by atoms with Gasteiger partial charge in [0.05, 0.1) is 141 Å². The van der Waals surface area contributed by atoms with Crippen molar-refractivity contribution in [3.05, 3.63) is 239 Å². The number of halogens is 2. The highest BCUT2D eigenvalue weighted by molar-refractivity contribution is 9.11. The summed E-state index contributed by atoms with van der Waals surface area (Å²) in [5.41, 5.74) is 29.3. The molecular formula is C102H100Br2N12O13. The first-order chi connectivity index (χ1) is 62.9. The van der Waals surface area contributed by atoms with Crippen LogP contribution in [0.5, 0.6) is 74.7 Å². The Morgan fingerprint density at radius 3 is 0.798 bits per heavy atom. The molecule has 27 heteroatoms. The molecule has 6 aromatic heterocycles. The van der Waals surface area contributed by atoms with E-state index in [1.807, 2.05) is 97.1 Å². The molecule has 15 aromatic rings. The van der Waals surface area contributed by atoms with E-state index in [4.69, 9.17) is 72.6 Å². The Morgan fingerprint density at radius 2 is 0.535 bits per heavy atom. The zero-order valence-electron chi connectivity index (χ0n) is 73.2. The zero-order chi connectivity index (χ0) is 89.0. The highest BCUT2D eigenvalue weighted by Crippen LogP contribution is 2.48. The normalized spacial score (nSPS) is 14.4. The Kier molecular flexibility index (Phi) is 23.8. The van der Waals surface area contributed by atoms with Crippen molar-refractivity contribution >= 4 is 132 Å². The molecule has 0 spiro atoms. The maximum atomic E-state index is 11.0. The number of fused-ring (bicyclic) bond motifs is 18. The van der Waals surface area contributed by atoms with E-state index in [0.717, 1.165) is 217 Å². The highest BCUT2D eigenvalue weighted by Gasteiger charge is 2.35. The fourth-order valence-electron chi connectivity index (χ4n) is 19.8. The smallest absolute Gasteiger partial charge is 0.200 e. The van der Waals surface area contributed by atoms with Crippen molar-refractivity contribution in [1.29, 1.82) is 0 Å². The van der Waals surface area contributed by atoms with Crippen LogP contribution in [-0.4, -0.2) is 188 Å². The number of hydrogen-bond acceptors (Lipinski definition) is 19. The predicted octanol–water partition coefficient (Wildman–Crippen LogP) is 20.2. The molecule has 129 heavy (non-hydrogen) atoms. The Balaban J connectivity index is 0.000000126. The molecule has 0 bridgehead atoms. The van der Waals surface area contributed by atoms with Crippen molar-refractivity contribution < 1.29 is 63.1 Å². The molecule has 0 saturated carbocycles. The van der Waals surface area contributed by atoms with Crippen molar-refractivity contribution in [2.45, 2.75) is 94.8 Å². The lowest BCUT2D eigenvalue weighted by Crippen LogP contribution is -2.20. The van der Waals surface area contributed by atoms with Crippen LogP contribution >= 0.6 is 31.9 Å². The van der Waals surface area contributed by atoms with E-state index in [2.05, 4.69) is 98.2 Å². The molecule has 0 fully saturated rings. The molecule has 25 nitrogen and oxygen atoms in total. The Hall–Kier alpha value is -13.4. The topological polar surface area (TPSA) is 333 Å². The maximum absolute atomic E-state index is 11.0. The summed E-state index contributed by atoms with van der Waals surface area (Å²) in [4.78, 5) is 52.0. The van der Waals surface area contributed by atoms with Crippen LogP contribution in [0.25, 0.3) is 65.4 Å². The summed E-state index contributed by atoms with van der Waals surface area (Å²) in [7, 11) is 14.7. The summed E-state index contributed by atoms with van der Waals surface area (Å²) in [6, 6.07) is 48.2. The summed E-state index contributed by atoms with van der Waals surface area (Å²) in [5.74, 6) is 5.57. The molecule has 9 aromatic carbocycles. The van der Waals surface area contributed by atoms with Crippen molar-refractivity contribution in [2.24, 2.45) is 30.0 Å². The van der Waals surface area contributed by atoms with E-state index < -0.39 is 0 Å². The second-order valence-corrected chi connectivity index (χ2v) is 34.9. The third-order valence-electron chi connectivity index (χ3n) is 26.3. The standard InChI is InChI=1S/2C34H33BrN4O4.C34H34N4O5/c1-41-20-4-6-22-24-8-10-36-29(32(24)38-27(22)16-20)13-19(18-12-26(35)34(40)31(15-18)43-3)14-30-33-25(9-11-37-30)23-7-5-21(42-2)17-28(23)39-33;1-41-19-4-6-22-24-10-12-36-28(32(24)38-26(22)16-19)14-18(21-8-9-30(43-3)34(40)31(21)35)15-29-33-25(11-13-37-29)23-7-5-20(42-2)17-27(23)39-33;1-41-20-4-6-22-24-8-10-35-28(32(24)37-26(22)16-20)12-18(19-14-30(39)34(40)31(15-19)43-3)13-29-33-25(9-11-36-29)23-7-5-21(42-2)17-27(23)38-33/h4-7,12,15-17,19,38-40H,8-11,13-14H2,1-3H3;4-9,16-18,38-40H,10-15H2,1-3H3;4-7,14-18,37-40H,8-13H2,1-3H3. The number of hydrogen-bond donors (Lipinski definition) is 10. The molecule has 21 rings (SSSR count). The largest absolute Gasteiger partial charge is 0.504 e. The van der Waals surface area contributed by atoms with Crippen LogP contribution in [0.2, 0.25) is 0 Å². The van der Waals surface area contributed by atoms with E-state index in [0.29, 0.717) is 72.1 Å². The molecule has 0 aliphatic carbocycles. The van der Waals surface area contributed by atoms with Crippen molar-refractivity contribution in [1.82, 2.24) is 29.9 Å². The highest BCUT2D eigenvalue weighted by atomic mass is 79.9.